The van der Waals surface area contributed by atoms with E-state index in [4.69, 9.17) is 4.74 Å². The second-order valence-corrected chi connectivity index (χ2v) is 11.6. The fourth-order valence-electron chi connectivity index (χ4n) is 4.69. The van der Waals surface area contributed by atoms with Crippen molar-refractivity contribution in [2.75, 3.05) is 31.2 Å². The zero-order valence-electron chi connectivity index (χ0n) is 17.7. The van der Waals surface area contributed by atoms with Crippen molar-refractivity contribution in [3.05, 3.63) is 29.8 Å². The minimum Gasteiger partial charge on any atom is -0.376 e. The van der Waals surface area contributed by atoms with Crippen LogP contribution in [0.1, 0.15) is 55.8 Å². The maximum Gasteiger partial charge on any atom is 0.254 e. The fraction of sp³-hybridized carbons (Fsp3) is 0.682. The Hall–Kier alpha value is -1.09. The summed E-state index contributed by atoms with van der Waals surface area (Å²) >= 11 is 1.87. The Morgan fingerprint density at radius 1 is 1.23 bits per heavy atom. The van der Waals surface area contributed by atoms with E-state index in [2.05, 4.69) is 0 Å². The Labute approximate surface area is 184 Å². The molecular weight excluding hydrogens is 420 g/mol. The lowest BCUT2D eigenvalue weighted by Crippen LogP contribution is -2.45. The van der Waals surface area contributed by atoms with E-state index in [9.17, 15) is 13.2 Å². The molecule has 0 radical (unpaired) electrons. The minimum atomic E-state index is -3.60. The Morgan fingerprint density at radius 2 is 2.10 bits per heavy atom. The van der Waals surface area contributed by atoms with Crippen LogP contribution in [-0.4, -0.2) is 72.9 Å². The summed E-state index contributed by atoms with van der Waals surface area (Å²) < 4.78 is 33.9. The Morgan fingerprint density at radius 3 is 2.80 bits per heavy atom. The Kier molecular flexibility index (Phi) is 7.07. The van der Waals surface area contributed by atoms with Crippen LogP contribution in [0.4, 0.5) is 0 Å². The normalized spacial score (nSPS) is 28.0. The average Bonchev–Trinajstić information content (AvgIpc) is 3.46. The lowest BCUT2D eigenvalue weighted by molar-refractivity contribution is 0.0441. The monoisotopic (exact) mass is 452 g/mol. The van der Waals surface area contributed by atoms with Gasteiger partial charge in [0.15, 0.2) is 0 Å². The molecule has 0 bridgehead atoms. The fourth-order valence-corrected chi connectivity index (χ4v) is 7.66. The van der Waals surface area contributed by atoms with Crippen molar-refractivity contribution in [2.45, 2.75) is 68.5 Å². The van der Waals surface area contributed by atoms with E-state index < -0.39 is 10.0 Å². The highest BCUT2D eigenvalue weighted by Crippen LogP contribution is 2.28. The van der Waals surface area contributed by atoms with Gasteiger partial charge in [0.25, 0.3) is 5.91 Å². The Balaban J connectivity index is 1.58. The first-order chi connectivity index (χ1) is 14.5. The second kappa shape index (κ2) is 9.59. The van der Waals surface area contributed by atoms with Gasteiger partial charge in [-0.25, -0.2) is 8.42 Å². The van der Waals surface area contributed by atoms with Crippen LogP contribution in [0.3, 0.4) is 0 Å². The summed E-state index contributed by atoms with van der Waals surface area (Å²) in [7, 11) is -3.60. The quantitative estimate of drug-likeness (QED) is 0.662. The van der Waals surface area contributed by atoms with Gasteiger partial charge >= 0.3 is 0 Å². The number of carbonyl (C=O) groups excluding carboxylic acids is 1. The first-order valence-electron chi connectivity index (χ1n) is 11.1. The summed E-state index contributed by atoms with van der Waals surface area (Å²) in [6, 6.07) is 6.81. The van der Waals surface area contributed by atoms with E-state index in [1.165, 1.54) is 0 Å². The summed E-state index contributed by atoms with van der Waals surface area (Å²) in [5.41, 5.74) is 0.454. The number of carbonyl (C=O) groups is 1. The molecule has 3 unspecified atom stereocenters. The third kappa shape index (κ3) is 4.71. The van der Waals surface area contributed by atoms with Crippen molar-refractivity contribution < 1.29 is 17.9 Å². The third-order valence-electron chi connectivity index (χ3n) is 6.46. The smallest absolute Gasteiger partial charge is 0.254 e. The van der Waals surface area contributed by atoms with Crippen molar-refractivity contribution in [1.29, 1.82) is 0 Å². The van der Waals surface area contributed by atoms with Crippen LogP contribution in [0.15, 0.2) is 29.2 Å². The van der Waals surface area contributed by atoms with Crippen molar-refractivity contribution >= 4 is 27.7 Å². The van der Waals surface area contributed by atoms with E-state index >= 15 is 0 Å². The Bertz CT molecular complexity index is 848. The molecular formula is C22H32N2O4S2. The molecule has 1 aromatic carbocycles. The summed E-state index contributed by atoms with van der Waals surface area (Å²) in [5.74, 6) is 1.91. The highest BCUT2D eigenvalue weighted by Gasteiger charge is 2.34. The number of nitrogens with zero attached hydrogens (tertiary/aromatic N) is 2. The van der Waals surface area contributed by atoms with Gasteiger partial charge in [-0.2, -0.15) is 16.1 Å². The van der Waals surface area contributed by atoms with Crippen LogP contribution in [0.25, 0.3) is 0 Å². The molecule has 0 N–H and O–H groups in total. The predicted octanol–water partition coefficient (Wildman–Crippen LogP) is 3.38. The molecule has 1 amide bonds. The molecule has 0 aromatic heterocycles. The van der Waals surface area contributed by atoms with Crippen LogP contribution < -0.4 is 0 Å². The van der Waals surface area contributed by atoms with Crippen LogP contribution in [-0.2, 0) is 14.8 Å². The van der Waals surface area contributed by atoms with Gasteiger partial charge in [0, 0.05) is 43.1 Å². The molecule has 3 fully saturated rings. The predicted molar refractivity (Wildman–Crippen MR) is 119 cm³/mol. The molecule has 0 spiro atoms. The molecule has 0 aliphatic carbocycles. The third-order valence-corrected chi connectivity index (χ3v) is 9.62. The highest BCUT2D eigenvalue weighted by atomic mass is 32.2. The topological polar surface area (TPSA) is 66.9 Å². The largest absolute Gasteiger partial charge is 0.376 e. The number of thioether (sulfide) groups is 1. The molecule has 3 saturated heterocycles. The first kappa shape index (κ1) is 22.1. The van der Waals surface area contributed by atoms with Crippen molar-refractivity contribution in [2.24, 2.45) is 0 Å². The van der Waals surface area contributed by atoms with Gasteiger partial charge in [-0.15, -0.1) is 0 Å². The minimum absolute atomic E-state index is 0.00497. The van der Waals surface area contributed by atoms with Crippen LogP contribution in [0, 0.1) is 0 Å². The summed E-state index contributed by atoms with van der Waals surface area (Å²) in [5, 5.41) is 0. The molecule has 4 rings (SSSR count). The number of sulfonamides is 1. The molecule has 3 atom stereocenters. The molecule has 3 aliphatic rings. The zero-order chi connectivity index (χ0) is 21.1. The average molecular weight is 453 g/mol. The van der Waals surface area contributed by atoms with E-state index in [-0.39, 0.29) is 29.0 Å². The highest BCUT2D eigenvalue weighted by molar-refractivity contribution is 7.99. The molecule has 8 heteroatoms. The molecule has 3 aliphatic heterocycles. The van der Waals surface area contributed by atoms with Gasteiger partial charge in [0.05, 0.1) is 11.0 Å². The van der Waals surface area contributed by atoms with Gasteiger partial charge in [0.2, 0.25) is 10.0 Å². The molecule has 6 nitrogen and oxygen atoms in total. The van der Waals surface area contributed by atoms with E-state index in [1.807, 2.05) is 23.6 Å². The molecule has 1 aromatic rings. The van der Waals surface area contributed by atoms with E-state index in [1.54, 1.807) is 28.6 Å². The first-order valence-corrected chi connectivity index (χ1v) is 13.7. The number of piperidine rings is 1. The number of hydrogen-bond acceptors (Lipinski definition) is 5. The number of hydrogen-bond donors (Lipinski definition) is 0. The van der Waals surface area contributed by atoms with Gasteiger partial charge in [-0.05, 0) is 63.0 Å². The summed E-state index contributed by atoms with van der Waals surface area (Å²) in [4.78, 5) is 15.7. The number of benzene rings is 1. The van der Waals surface area contributed by atoms with Crippen molar-refractivity contribution in [1.82, 2.24) is 9.21 Å². The van der Waals surface area contributed by atoms with Gasteiger partial charge in [-0.1, -0.05) is 12.5 Å². The van der Waals surface area contributed by atoms with Crippen molar-refractivity contribution in [3.63, 3.8) is 0 Å². The molecule has 30 heavy (non-hydrogen) atoms. The van der Waals surface area contributed by atoms with Crippen molar-refractivity contribution in [3.8, 4) is 0 Å². The van der Waals surface area contributed by atoms with Gasteiger partial charge < -0.3 is 9.64 Å². The van der Waals surface area contributed by atoms with Crippen LogP contribution in [0.2, 0.25) is 0 Å². The van der Waals surface area contributed by atoms with Crippen LogP contribution >= 0.6 is 11.8 Å². The summed E-state index contributed by atoms with van der Waals surface area (Å²) in [6.07, 6.45) is 5.90. The maximum atomic E-state index is 13.5. The van der Waals surface area contributed by atoms with E-state index in [0.29, 0.717) is 18.7 Å². The number of amides is 1. The standard InChI is InChI=1S/C22H32N2O4S2/c1-17-6-2-3-11-24(17)30(26,27)21-9-4-7-18(14-21)22(25)23(19-10-13-29-16-19)15-20-8-5-12-28-20/h4,7,9,14,17,19-20H,2-3,5-6,8,10-13,15-16H2,1H3. The maximum absolute atomic E-state index is 13.5. The molecule has 166 valence electrons. The zero-order valence-corrected chi connectivity index (χ0v) is 19.3. The van der Waals surface area contributed by atoms with Gasteiger partial charge in [0.1, 0.15) is 0 Å². The molecule has 3 heterocycles. The van der Waals surface area contributed by atoms with Gasteiger partial charge in [-0.3, -0.25) is 4.79 Å². The summed E-state index contributed by atoms with van der Waals surface area (Å²) in [6.45, 7) is 3.86. The second-order valence-electron chi connectivity index (χ2n) is 8.60. The number of ether oxygens (including phenoxy) is 1. The van der Waals surface area contributed by atoms with Crippen LogP contribution in [0.5, 0.6) is 0 Å². The number of rotatable bonds is 6. The lowest BCUT2D eigenvalue weighted by Gasteiger charge is -2.33. The van der Waals surface area contributed by atoms with E-state index in [0.717, 1.165) is 56.6 Å². The molecule has 0 saturated carbocycles. The SMILES string of the molecule is CC1CCCCN1S(=O)(=O)c1cccc(C(=O)N(CC2CCCO2)C2CCSC2)c1. The lowest BCUT2D eigenvalue weighted by atomic mass is 10.1.